The number of pyridine rings is 2. The SMILES string of the molecule is CC1C=C(C(F)(F)F)C=CC1[C@H](NC(=O)c1ccc(=O)n(C)c1)c1ncccc1C(F)(F)F. The second-order valence-electron chi connectivity index (χ2n) is 7.67. The molecule has 0 saturated carbocycles. The van der Waals surface area contributed by atoms with Gasteiger partial charge in [0, 0.05) is 31.4 Å². The molecule has 2 aromatic heterocycles. The fourth-order valence-corrected chi connectivity index (χ4v) is 3.65. The van der Waals surface area contributed by atoms with Gasteiger partial charge in [-0.15, -0.1) is 0 Å². The van der Waals surface area contributed by atoms with Crippen molar-refractivity contribution in [3.8, 4) is 0 Å². The minimum absolute atomic E-state index is 0.00875. The number of nitrogens with zero attached hydrogens (tertiary/aromatic N) is 2. The predicted molar refractivity (Wildman–Crippen MR) is 107 cm³/mol. The first kappa shape index (κ1) is 24.3. The van der Waals surface area contributed by atoms with Crippen LogP contribution in [0.5, 0.6) is 0 Å². The lowest BCUT2D eigenvalue weighted by Crippen LogP contribution is -2.38. The lowest BCUT2D eigenvalue weighted by atomic mass is 9.79. The molecule has 2 heterocycles. The Balaban J connectivity index is 2.06. The Bertz CT molecular complexity index is 1160. The summed E-state index contributed by atoms with van der Waals surface area (Å²) in [5, 5.41) is 2.48. The van der Waals surface area contributed by atoms with Crippen LogP contribution < -0.4 is 10.9 Å². The Hall–Kier alpha value is -3.37. The molecule has 0 radical (unpaired) electrons. The normalized spacial score (nSPS) is 19.7. The van der Waals surface area contributed by atoms with Crippen molar-refractivity contribution in [2.24, 2.45) is 18.9 Å². The molecule has 2 aromatic rings. The molecule has 3 rings (SSSR count). The summed E-state index contributed by atoms with van der Waals surface area (Å²) in [6, 6.07) is 2.80. The molecule has 11 heteroatoms. The minimum atomic E-state index is -4.81. The zero-order valence-electron chi connectivity index (χ0n) is 17.4. The van der Waals surface area contributed by atoms with Gasteiger partial charge in [-0.25, -0.2) is 0 Å². The summed E-state index contributed by atoms with van der Waals surface area (Å²) in [5.41, 5.74) is -2.96. The Labute approximate surface area is 184 Å². The summed E-state index contributed by atoms with van der Waals surface area (Å²) in [7, 11) is 1.40. The first-order valence-electron chi connectivity index (χ1n) is 9.76. The van der Waals surface area contributed by atoms with Gasteiger partial charge in [0.25, 0.3) is 5.91 Å². The Morgan fingerprint density at radius 2 is 1.82 bits per heavy atom. The van der Waals surface area contributed by atoms with Crippen LogP contribution >= 0.6 is 0 Å². The molecule has 0 spiro atoms. The molecule has 0 fully saturated rings. The highest BCUT2D eigenvalue weighted by Gasteiger charge is 2.41. The fraction of sp³-hybridized carbons (Fsp3) is 0.318. The second-order valence-corrected chi connectivity index (χ2v) is 7.67. The van der Waals surface area contributed by atoms with Crippen molar-refractivity contribution in [3.05, 3.63) is 87.6 Å². The Morgan fingerprint density at radius 3 is 2.39 bits per heavy atom. The van der Waals surface area contributed by atoms with Crippen LogP contribution in [-0.2, 0) is 13.2 Å². The summed E-state index contributed by atoms with van der Waals surface area (Å²) in [6.07, 6.45) is -4.28. The third kappa shape index (κ3) is 5.35. The topological polar surface area (TPSA) is 64.0 Å². The van der Waals surface area contributed by atoms with E-state index in [0.717, 1.165) is 47.2 Å². The quantitative estimate of drug-likeness (QED) is 0.664. The molecule has 3 atom stereocenters. The number of amides is 1. The molecule has 0 aliphatic heterocycles. The Kier molecular flexibility index (Phi) is 6.53. The number of rotatable bonds is 4. The van der Waals surface area contributed by atoms with Crippen molar-refractivity contribution in [1.29, 1.82) is 0 Å². The number of aromatic nitrogens is 2. The van der Waals surface area contributed by atoms with Crippen LogP contribution in [0.1, 0.15) is 34.6 Å². The van der Waals surface area contributed by atoms with E-state index in [1.54, 1.807) is 0 Å². The van der Waals surface area contributed by atoms with Gasteiger partial charge in [-0.2, -0.15) is 26.3 Å². The minimum Gasteiger partial charge on any atom is -0.343 e. The molecule has 1 aliphatic carbocycles. The number of carbonyl (C=O) groups is 1. The highest BCUT2D eigenvalue weighted by molar-refractivity contribution is 5.94. The average molecular weight is 471 g/mol. The summed E-state index contributed by atoms with van der Waals surface area (Å²) in [6.45, 7) is 1.42. The Morgan fingerprint density at radius 1 is 1.12 bits per heavy atom. The standard InChI is InChI=1S/C22H19F6N3O2/c1-12-10-14(21(23,24)25)6-7-15(12)18(19-16(22(26,27)28)4-3-9-29-19)30-20(33)13-5-8-17(32)31(2)11-13/h3-12,15,18H,1-2H3,(H,30,33)/t12?,15?,18-/m0/s1. The number of alkyl halides is 6. The van der Waals surface area contributed by atoms with Crippen LogP contribution in [0, 0.1) is 11.8 Å². The smallest absolute Gasteiger partial charge is 0.343 e. The number of aryl methyl sites for hydroxylation is 1. The third-order valence-electron chi connectivity index (χ3n) is 5.33. The maximum Gasteiger partial charge on any atom is 0.418 e. The third-order valence-corrected chi connectivity index (χ3v) is 5.33. The van der Waals surface area contributed by atoms with Crippen molar-refractivity contribution in [1.82, 2.24) is 14.9 Å². The summed E-state index contributed by atoms with van der Waals surface area (Å²) < 4.78 is 81.5. The summed E-state index contributed by atoms with van der Waals surface area (Å²) in [4.78, 5) is 28.3. The first-order chi connectivity index (χ1) is 15.3. The zero-order valence-corrected chi connectivity index (χ0v) is 17.4. The van der Waals surface area contributed by atoms with E-state index in [1.165, 1.54) is 26.2 Å². The number of hydrogen-bond acceptors (Lipinski definition) is 3. The molecule has 2 unspecified atom stereocenters. The van der Waals surface area contributed by atoms with Crippen LogP contribution in [0.4, 0.5) is 26.3 Å². The van der Waals surface area contributed by atoms with Crippen molar-refractivity contribution in [3.63, 3.8) is 0 Å². The van der Waals surface area contributed by atoms with Gasteiger partial charge < -0.3 is 9.88 Å². The number of hydrogen-bond donors (Lipinski definition) is 1. The zero-order chi connectivity index (χ0) is 24.6. The van der Waals surface area contributed by atoms with Crippen LogP contribution in [0.3, 0.4) is 0 Å². The van der Waals surface area contributed by atoms with Crippen molar-refractivity contribution >= 4 is 5.91 Å². The number of carbonyl (C=O) groups excluding carboxylic acids is 1. The highest BCUT2D eigenvalue weighted by atomic mass is 19.4. The van der Waals surface area contributed by atoms with E-state index in [4.69, 9.17) is 0 Å². The van der Waals surface area contributed by atoms with Gasteiger partial charge in [0.05, 0.1) is 28.4 Å². The van der Waals surface area contributed by atoms with Gasteiger partial charge in [0.2, 0.25) is 5.56 Å². The van der Waals surface area contributed by atoms with Gasteiger partial charge >= 0.3 is 12.4 Å². The molecular formula is C22H19F6N3O2. The molecule has 1 N–H and O–H groups in total. The van der Waals surface area contributed by atoms with E-state index in [2.05, 4.69) is 10.3 Å². The van der Waals surface area contributed by atoms with Crippen molar-refractivity contribution in [2.75, 3.05) is 0 Å². The number of nitrogens with one attached hydrogen (secondary N) is 1. The maximum atomic E-state index is 13.7. The van der Waals surface area contributed by atoms with Crippen molar-refractivity contribution < 1.29 is 31.1 Å². The van der Waals surface area contributed by atoms with E-state index in [-0.39, 0.29) is 5.56 Å². The summed E-state index contributed by atoms with van der Waals surface area (Å²) in [5.74, 6) is -2.63. The monoisotopic (exact) mass is 471 g/mol. The van der Waals surface area contributed by atoms with E-state index in [0.29, 0.717) is 0 Å². The van der Waals surface area contributed by atoms with Gasteiger partial charge in [0.15, 0.2) is 0 Å². The van der Waals surface area contributed by atoms with E-state index < -0.39 is 58.5 Å². The molecule has 5 nitrogen and oxygen atoms in total. The number of halogens is 6. The molecule has 0 bridgehead atoms. The highest BCUT2D eigenvalue weighted by Crippen LogP contribution is 2.41. The first-order valence-corrected chi connectivity index (χ1v) is 9.76. The van der Waals surface area contributed by atoms with E-state index in [9.17, 15) is 35.9 Å². The lowest BCUT2D eigenvalue weighted by molar-refractivity contribution is -0.138. The van der Waals surface area contributed by atoms with Gasteiger partial charge in [-0.3, -0.25) is 14.6 Å². The van der Waals surface area contributed by atoms with Crippen LogP contribution in [-0.4, -0.2) is 21.6 Å². The molecule has 176 valence electrons. The second kappa shape index (κ2) is 8.87. The average Bonchev–Trinajstić information content (AvgIpc) is 2.73. The van der Waals surface area contributed by atoms with Crippen molar-refractivity contribution in [2.45, 2.75) is 25.3 Å². The summed E-state index contributed by atoms with van der Waals surface area (Å²) >= 11 is 0. The van der Waals surface area contributed by atoms with Gasteiger partial charge in [-0.05, 0) is 24.1 Å². The molecule has 0 aromatic carbocycles. The van der Waals surface area contributed by atoms with Crippen LogP contribution in [0.2, 0.25) is 0 Å². The fourth-order valence-electron chi connectivity index (χ4n) is 3.65. The van der Waals surface area contributed by atoms with Crippen LogP contribution in [0.25, 0.3) is 0 Å². The molecule has 0 saturated heterocycles. The predicted octanol–water partition coefficient (Wildman–Crippen LogP) is 4.58. The molecule has 33 heavy (non-hydrogen) atoms. The van der Waals surface area contributed by atoms with Gasteiger partial charge in [0.1, 0.15) is 0 Å². The molecule has 1 aliphatic rings. The largest absolute Gasteiger partial charge is 0.418 e. The van der Waals surface area contributed by atoms with E-state index >= 15 is 0 Å². The number of allylic oxidation sites excluding steroid dienone is 3. The maximum absolute atomic E-state index is 13.7. The van der Waals surface area contributed by atoms with Crippen LogP contribution in [0.15, 0.2) is 65.3 Å². The molecular weight excluding hydrogens is 452 g/mol. The van der Waals surface area contributed by atoms with E-state index in [1.807, 2.05) is 0 Å². The molecule has 1 amide bonds. The lowest BCUT2D eigenvalue weighted by Gasteiger charge is -2.33. The van der Waals surface area contributed by atoms with Gasteiger partial charge in [-0.1, -0.05) is 25.2 Å².